The first kappa shape index (κ1) is 27.3. The monoisotopic (exact) mass is 528 g/mol. The lowest BCUT2D eigenvalue weighted by atomic mass is 10.3. The van der Waals surface area contributed by atoms with Crippen LogP contribution in [0.5, 0.6) is 0 Å². The first-order valence-corrected chi connectivity index (χ1v) is 12.7. The topological polar surface area (TPSA) is 136 Å². The quantitative estimate of drug-likeness (QED) is 0.342. The second-order valence-corrected chi connectivity index (χ2v) is 8.93. The van der Waals surface area contributed by atoms with Crippen LogP contribution in [0, 0.1) is 6.92 Å². The van der Waals surface area contributed by atoms with Crippen LogP contribution < -0.4 is 21.8 Å². The summed E-state index contributed by atoms with van der Waals surface area (Å²) in [5.41, 5.74) is 8.14. The van der Waals surface area contributed by atoms with Gasteiger partial charge >= 0.3 is 0 Å². The zero-order valence-electron chi connectivity index (χ0n) is 22.0. The molecule has 0 amide bonds. The molecular formula is C28H32N8O3. The highest BCUT2D eigenvalue weighted by Gasteiger charge is 2.20. The zero-order chi connectivity index (χ0) is 27.8. The molecule has 1 aliphatic heterocycles. The molecule has 0 spiro atoms. The molecule has 4 aromatic heterocycles. The fraction of sp³-hybridized carbons (Fsp3) is 0.250. The molecule has 39 heavy (non-hydrogen) atoms. The summed E-state index contributed by atoms with van der Waals surface area (Å²) >= 11 is 0. The Morgan fingerprint density at radius 3 is 2.44 bits per heavy atom. The number of nitrogens with zero attached hydrogens (tertiary/aromatic N) is 6. The lowest BCUT2D eigenvalue weighted by molar-refractivity contribution is 0.112. The summed E-state index contributed by atoms with van der Waals surface area (Å²) in [7, 11) is 0. The van der Waals surface area contributed by atoms with E-state index in [1.54, 1.807) is 45.3 Å². The Morgan fingerprint density at radius 2 is 1.85 bits per heavy atom. The van der Waals surface area contributed by atoms with Crippen molar-refractivity contribution in [1.82, 2.24) is 28.9 Å². The van der Waals surface area contributed by atoms with Gasteiger partial charge in [-0.05, 0) is 50.6 Å². The highest BCUT2D eigenvalue weighted by molar-refractivity contribution is 5.76. The smallest absolute Gasteiger partial charge is 0.282 e. The number of pyridine rings is 1. The van der Waals surface area contributed by atoms with Crippen molar-refractivity contribution in [3.63, 3.8) is 0 Å². The highest BCUT2D eigenvalue weighted by atomic mass is 16.1. The summed E-state index contributed by atoms with van der Waals surface area (Å²) in [4.78, 5) is 42.1. The molecule has 0 radical (unpaired) electrons. The van der Waals surface area contributed by atoms with Gasteiger partial charge in [0.2, 0.25) is 5.56 Å². The van der Waals surface area contributed by atoms with Crippen molar-refractivity contribution in [3.05, 3.63) is 111 Å². The number of hydrogen-bond acceptors (Lipinski definition) is 7. The van der Waals surface area contributed by atoms with Crippen molar-refractivity contribution in [3.8, 4) is 5.69 Å². The molecule has 202 valence electrons. The van der Waals surface area contributed by atoms with Crippen molar-refractivity contribution in [2.75, 3.05) is 18.0 Å². The van der Waals surface area contributed by atoms with E-state index in [2.05, 4.69) is 20.0 Å². The highest BCUT2D eigenvalue weighted by Crippen LogP contribution is 2.17. The lowest BCUT2D eigenvalue weighted by Gasteiger charge is -2.16. The van der Waals surface area contributed by atoms with Gasteiger partial charge in [0.15, 0.2) is 11.9 Å². The summed E-state index contributed by atoms with van der Waals surface area (Å²) in [6, 6.07) is 18.5. The van der Waals surface area contributed by atoms with E-state index in [9.17, 15) is 14.4 Å². The van der Waals surface area contributed by atoms with Crippen LogP contribution in [-0.2, 0) is 6.54 Å². The van der Waals surface area contributed by atoms with Gasteiger partial charge < -0.3 is 15.6 Å². The Balaban J connectivity index is 0.000000147. The van der Waals surface area contributed by atoms with Crippen molar-refractivity contribution in [1.29, 1.82) is 0 Å². The van der Waals surface area contributed by atoms with Crippen LogP contribution in [0.3, 0.4) is 0 Å². The number of carbonyl (C=O) groups excluding carboxylic acids is 1. The number of benzene rings is 1. The van der Waals surface area contributed by atoms with Gasteiger partial charge in [-0.15, -0.1) is 5.10 Å². The molecule has 5 aromatic rings. The fourth-order valence-corrected chi connectivity index (χ4v) is 4.35. The summed E-state index contributed by atoms with van der Waals surface area (Å²) in [5, 5.41) is 4.48. The second-order valence-electron chi connectivity index (χ2n) is 8.93. The Morgan fingerprint density at radius 1 is 1.08 bits per heavy atom. The fourth-order valence-electron chi connectivity index (χ4n) is 4.35. The van der Waals surface area contributed by atoms with E-state index in [1.165, 1.54) is 6.07 Å². The number of anilines is 1. The van der Waals surface area contributed by atoms with Crippen LogP contribution >= 0.6 is 0 Å². The van der Waals surface area contributed by atoms with E-state index >= 15 is 0 Å². The van der Waals surface area contributed by atoms with Crippen LogP contribution in [0.25, 0.3) is 11.3 Å². The maximum Gasteiger partial charge on any atom is 0.282 e. The van der Waals surface area contributed by atoms with Gasteiger partial charge in [0.25, 0.3) is 5.56 Å². The minimum absolute atomic E-state index is 0.0532. The predicted molar refractivity (Wildman–Crippen MR) is 151 cm³/mol. The molecule has 0 bridgehead atoms. The average Bonchev–Trinajstić information content (AvgIpc) is 3.67. The van der Waals surface area contributed by atoms with E-state index in [0.29, 0.717) is 18.5 Å². The standard InChI is InChI=1S/C13H14N2O2.C10H13N5.C5H5NO/c1-3-14-10(2)12(9-16)13(17)15(14)11-7-5-4-6-8-11;11-8-3-5-14(7-8)10-2-1-9-12-4-6-15(9)13-10;7-5-3-1-2-4-6-5/h4-9H,3H2,1-2H3;1-2,4,6,8H,3,5,7,11H2;1-4H,(H,6,7)/t;8-;/m.0./s1. The second kappa shape index (κ2) is 12.7. The molecule has 1 saturated heterocycles. The summed E-state index contributed by atoms with van der Waals surface area (Å²) in [5.74, 6) is 0.980. The SMILES string of the molecule is CCn1c(C)c(C=O)c(=O)n1-c1ccccc1.N[C@H]1CCN(c2ccc3nccn3n2)C1.O=c1cccc[nH]1. The molecule has 6 rings (SSSR count). The third-order valence-corrected chi connectivity index (χ3v) is 6.33. The minimum atomic E-state index is -0.259. The molecule has 0 saturated carbocycles. The van der Waals surface area contributed by atoms with Gasteiger partial charge in [-0.2, -0.15) is 0 Å². The maximum absolute atomic E-state index is 12.1. The van der Waals surface area contributed by atoms with Crippen LogP contribution in [-0.4, -0.2) is 54.4 Å². The van der Waals surface area contributed by atoms with E-state index in [1.807, 2.05) is 55.6 Å². The first-order chi connectivity index (χ1) is 18.9. The molecule has 1 aromatic carbocycles. The molecule has 0 unspecified atom stereocenters. The van der Waals surface area contributed by atoms with Crippen molar-refractivity contribution in [2.24, 2.45) is 5.73 Å². The Kier molecular flexibility index (Phi) is 8.85. The number of nitrogens with one attached hydrogen (secondary N) is 1. The van der Waals surface area contributed by atoms with Gasteiger partial charge in [0.05, 0.1) is 5.69 Å². The van der Waals surface area contributed by atoms with Crippen molar-refractivity contribution >= 4 is 17.8 Å². The summed E-state index contributed by atoms with van der Waals surface area (Å²) in [6.07, 6.45) is 6.88. The number of hydrogen-bond donors (Lipinski definition) is 2. The van der Waals surface area contributed by atoms with Gasteiger partial charge in [0, 0.05) is 56.0 Å². The normalized spacial score (nSPS) is 14.3. The number of aromatic amines is 1. The molecule has 1 fully saturated rings. The largest absolute Gasteiger partial charge is 0.354 e. The molecule has 11 heteroatoms. The van der Waals surface area contributed by atoms with Crippen LogP contribution in [0.2, 0.25) is 0 Å². The van der Waals surface area contributed by atoms with Gasteiger partial charge in [-0.25, -0.2) is 14.2 Å². The lowest BCUT2D eigenvalue weighted by Crippen LogP contribution is -2.27. The number of imidazole rings is 1. The number of fused-ring (bicyclic) bond motifs is 1. The molecule has 1 aliphatic rings. The van der Waals surface area contributed by atoms with Crippen molar-refractivity contribution in [2.45, 2.75) is 32.9 Å². The number of aromatic nitrogens is 6. The van der Waals surface area contributed by atoms with Gasteiger partial charge in [0.1, 0.15) is 11.4 Å². The van der Waals surface area contributed by atoms with E-state index in [4.69, 9.17) is 5.73 Å². The molecule has 1 atom stereocenters. The van der Waals surface area contributed by atoms with Crippen LogP contribution in [0.1, 0.15) is 29.4 Å². The molecule has 3 N–H and O–H groups in total. The number of H-pyrrole nitrogens is 1. The van der Waals surface area contributed by atoms with Crippen molar-refractivity contribution < 1.29 is 4.79 Å². The number of rotatable bonds is 4. The van der Waals surface area contributed by atoms with E-state index in [0.717, 1.165) is 36.7 Å². The summed E-state index contributed by atoms with van der Waals surface area (Å²) < 4.78 is 5.14. The van der Waals surface area contributed by atoms with E-state index < -0.39 is 0 Å². The predicted octanol–water partition coefficient (Wildman–Crippen LogP) is 2.42. The number of aldehydes is 1. The average molecular weight is 529 g/mol. The van der Waals surface area contributed by atoms with Gasteiger partial charge in [-0.1, -0.05) is 24.3 Å². The number of nitrogens with two attached hydrogens (primary N) is 1. The first-order valence-electron chi connectivity index (χ1n) is 12.7. The van der Waals surface area contributed by atoms with Crippen LogP contribution in [0.15, 0.2) is 88.8 Å². The number of carbonyl (C=O) groups is 1. The van der Waals surface area contributed by atoms with E-state index in [-0.39, 0.29) is 22.7 Å². The molecule has 11 nitrogen and oxygen atoms in total. The molecular weight excluding hydrogens is 496 g/mol. The zero-order valence-corrected chi connectivity index (χ0v) is 22.0. The maximum atomic E-state index is 12.1. The van der Waals surface area contributed by atoms with Gasteiger partial charge in [-0.3, -0.25) is 19.1 Å². The van der Waals surface area contributed by atoms with Crippen LogP contribution in [0.4, 0.5) is 5.82 Å². The third-order valence-electron chi connectivity index (χ3n) is 6.33. The Labute approximate surface area is 225 Å². The number of para-hydroxylation sites is 1. The Hall–Kier alpha value is -4.77. The third kappa shape index (κ3) is 6.39. The molecule has 0 aliphatic carbocycles. The minimum Gasteiger partial charge on any atom is -0.354 e. The summed E-state index contributed by atoms with van der Waals surface area (Å²) in [6.45, 7) is 6.26. The molecule has 5 heterocycles. The Bertz CT molecular complexity index is 1620.